The standard InChI is InChI=1S/C20H22N4OS2/c1-13-6-8-14(9-7-13)21-18(25)16-12-15-17(24-10-4-3-5-11-24)22-20(26-2)23-19(15)27-16/h6-9,12H,3-5,10-11H2,1-2H3,(H,21,25). The molecule has 0 saturated carbocycles. The highest BCUT2D eigenvalue weighted by Gasteiger charge is 2.20. The Balaban J connectivity index is 1.67. The first-order valence-corrected chi connectivity index (χ1v) is 11.2. The average molecular weight is 399 g/mol. The molecule has 5 nitrogen and oxygen atoms in total. The van der Waals surface area contributed by atoms with Gasteiger partial charge in [-0.2, -0.15) is 0 Å². The van der Waals surface area contributed by atoms with Crippen molar-refractivity contribution >= 4 is 50.7 Å². The van der Waals surface area contributed by atoms with E-state index in [1.165, 1.54) is 36.2 Å². The van der Waals surface area contributed by atoms with Gasteiger partial charge in [-0.05, 0) is 50.6 Å². The lowest BCUT2D eigenvalue weighted by molar-refractivity contribution is 0.103. The predicted octanol–water partition coefficient (Wildman–Crippen LogP) is 4.96. The van der Waals surface area contributed by atoms with Crippen molar-refractivity contribution in [2.24, 2.45) is 0 Å². The molecule has 0 atom stereocenters. The number of carbonyl (C=O) groups is 1. The van der Waals surface area contributed by atoms with Gasteiger partial charge in [-0.3, -0.25) is 4.79 Å². The summed E-state index contributed by atoms with van der Waals surface area (Å²) in [6.07, 6.45) is 5.63. The van der Waals surface area contributed by atoms with Gasteiger partial charge in [0.2, 0.25) is 0 Å². The maximum atomic E-state index is 12.7. The van der Waals surface area contributed by atoms with E-state index in [0.717, 1.165) is 40.0 Å². The molecule has 1 fully saturated rings. The highest BCUT2D eigenvalue weighted by Crippen LogP contribution is 2.34. The Bertz CT molecular complexity index is 962. The van der Waals surface area contributed by atoms with Gasteiger partial charge in [-0.1, -0.05) is 29.5 Å². The summed E-state index contributed by atoms with van der Waals surface area (Å²) in [4.78, 5) is 26.0. The van der Waals surface area contributed by atoms with E-state index in [-0.39, 0.29) is 5.91 Å². The van der Waals surface area contributed by atoms with E-state index in [2.05, 4.69) is 15.2 Å². The Morgan fingerprint density at radius 1 is 1.15 bits per heavy atom. The highest BCUT2D eigenvalue weighted by molar-refractivity contribution is 7.98. The number of nitrogens with one attached hydrogen (secondary N) is 1. The SMILES string of the molecule is CSc1nc(N2CCCCC2)c2cc(C(=O)Nc3ccc(C)cc3)sc2n1. The average Bonchev–Trinajstić information content (AvgIpc) is 3.14. The van der Waals surface area contributed by atoms with Gasteiger partial charge in [0.1, 0.15) is 10.6 Å². The van der Waals surface area contributed by atoms with Crippen LogP contribution in [0, 0.1) is 6.92 Å². The van der Waals surface area contributed by atoms with Gasteiger partial charge in [0.05, 0.1) is 10.3 Å². The van der Waals surface area contributed by atoms with Crippen LogP contribution >= 0.6 is 23.1 Å². The van der Waals surface area contributed by atoms with E-state index in [1.54, 1.807) is 11.8 Å². The Labute approximate surface area is 167 Å². The summed E-state index contributed by atoms with van der Waals surface area (Å²) in [6.45, 7) is 4.06. The minimum absolute atomic E-state index is 0.0999. The van der Waals surface area contributed by atoms with Crippen LogP contribution in [-0.4, -0.2) is 35.2 Å². The first-order chi connectivity index (χ1) is 13.1. The van der Waals surface area contributed by atoms with Crippen LogP contribution in [0.15, 0.2) is 35.5 Å². The predicted molar refractivity (Wildman–Crippen MR) is 114 cm³/mol. The van der Waals surface area contributed by atoms with E-state index in [4.69, 9.17) is 4.98 Å². The van der Waals surface area contributed by atoms with Gasteiger partial charge in [-0.25, -0.2) is 9.97 Å². The third-order valence-electron chi connectivity index (χ3n) is 4.72. The van der Waals surface area contributed by atoms with Crippen LogP contribution < -0.4 is 10.2 Å². The van der Waals surface area contributed by atoms with Gasteiger partial charge in [0.25, 0.3) is 5.91 Å². The van der Waals surface area contributed by atoms with Gasteiger partial charge >= 0.3 is 0 Å². The van der Waals surface area contributed by atoms with Crippen molar-refractivity contribution in [1.82, 2.24) is 9.97 Å². The normalized spacial score (nSPS) is 14.5. The number of amides is 1. The van der Waals surface area contributed by atoms with E-state index in [0.29, 0.717) is 4.88 Å². The molecule has 1 aliphatic heterocycles. The van der Waals surface area contributed by atoms with Crippen LogP contribution in [0.5, 0.6) is 0 Å². The van der Waals surface area contributed by atoms with Crippen molar-refractivity contribution in [3.05, 3.63) is 40.8 Å². The Morgan fingerprint density at radius 3 is 2.59 bits per heavy atom. The molecular weight excluding hydrogens is 376 g/mol. The number of fused-ring (bicyclic) bond motifs is 1. The van der Waals surface area contributed by atoms with Crippen LogP contribution in [-0.2, 0) is 0 Å². The third kappa shape index (κ3) is 3.94. The smallest absolute Gasteiger partial charge is 0.265 e. The first-order valence-electron chi connectivity index (χ1n) is 9.12. The molecule has 0 aliphatic carbocycles. The molecule has 0 bridgehead atoms. The molecule has 3 heterocycles. The monoisotopic (exact) mass is 398 g/mol. The van der Waals surface area contributed by atoms with Gasteiger partial charge in [-0.15, -0.1) is 11.3 Å². The Morgan fingerprint density at radius 2 is 1.89 bits per heavy atom. The molecule has 140 valence electrons. The van der Waals surface area contributed by atoms with Crippen LogP contribution in [0.2, 0.25) is 0 Å². The van der Waals surface area contributed by atoms with Crippen LogP contribution in [0.4, 0.5) is 11.5 Å². The minimum Gasteiger partial charge on any atom is -0.356 e. The van der Waals surface area contributed by atoms with Crippen LogP contribution in [0.1, 0.15) is 34.5 Å². The summed E-state index contributed by atoms with van der Waals surface area (Å²) in [6, 6.07) is 9.77. The summed E-state index contributed by atoms with van der Waals surface area (Å²) < 4.78 is 0. The number of thiophene rings is 1. The maximum absolute atomic E-state index is 12.7. The lowest BCUT2D eigenvalue weighted by Crippen LogP contribution is -2.30. The van der Waals surface area contributed by atoms with Crippen molar-refractivity contribution in [2.75, 3.05) is 29.6 Å². The van der Waals surface area contributed by atoms with Crippen molar-refractivity contribution < 1.29 is 4.79 Å². The quantitative estimate of drug-likeness (QED) is 0.497. The second-order valence-electron chi connectivity index (χ2n) is 6.73. The summed E-state index contributed by atoms with van der Waals surface area (Å²) in [5, 5.41) is 4.72. The number of aromatic nitrogens is 2. The van der Waals surface area contributed by atoms with E-state index < -0.39 is 0 Å². The summed E-state index contributed by atoms with van der Waals surface area (Å²) in [7, 11) is 0. The Kier molecular flexibility index (Phi) is 5.31. The van der Waals surface area contributed by atoms with Gasteiger partial charge in [0.15, 0.2) is 5.16 Å². The number of rotatable bonds is 4. The molecule has 0 unspecified atom stereocenters. The molecule has 1 aliphatic rings. The molecule has 3 aromatic rings. The summed E-state index contributed by atoms with van der Waals surface area (Å²) in [5.41, 5.74) is 1.97. The number of anilines is 2. The fraction of sp³-hybridized carbons (Fsp3) is 0.350. The topological polar surface area (TPSA) is 58.1 Å². The lowest BCUT2D eigenvalue weighted by Gasteiger charge is -2.28. The molecule has 1 aromatic carbocycles. The number of aryl methyl sites for hydroxylation is 1. The summed E-state index contributed by atoms with van der Waals surface area (Å²) >= 11 is 2.97. The zero-order valence-corrected chi connectivity index (χ0v) is 17.1. The number of hydrogen-bond donors (Lipinski definition) is 1. The highest BCUT2D eigenvalue weighted by atomic mass is 32.2. The molecule has 1 amide bonds. The third-order valence-corrected chi connectivity index (χ3v) is 6.30. The first kappa shape index (κ1) is 18.3. The number of hydrogen-bond acceptors (Lipinski definition) is 6. The van der Waals surface area contributed by atoms with Crippen LogP contribution in [0.3, 0.4) is 0 Å². The molecule has 4 rings (SSSR count). The number of carbonyl (C=O) groups excluding carboxylic acids is 1. The molecule has 0 spiro atoms. The van der Waals surface area contributed by atoms with E-state index >= 15 is 0 Å². The fourth-order valence-electron chi connectivity index (χ4n) is 3.27. The minimum atomic E-state index is -0.0999. The fourth-order valence-corrected chi connectivity index (χ4v) is 4.61. The molecule has 2 aromatic heterocycles. The number of benzene rings is 1. The maximum Gasteiger partial charge on any atom is 0.265 e. The molecule has 1 saturated heterocycles. The largest absolute Gasteiger partial charge is 0.356 e. The van der Waals surface area contributed by atoms with Crippen molar-refractivity contribution in [3.8, 4) is 0 Å². The van der Waals surface area contributed by atoms with Gasteiger partial charge in [0, 0.05) is 18.8 Å². The van der Waals surface area contributed by atoms with Crippen molar-refractivity contribution in [1.29, 1.82) is 0 Å². The lowest BCUT2D eigenvalue weighted by atomic mass is 10.1. The number of piperidine rings is 1. The summed E-state index contributed by atoms with van der Waals surface area (Å²) in [5.74, 6) is 0.867. The second-order valence-corrected chi connectivity index (χ2v) is 8.54. The molecule has 0 radical (unpaired) electrons. The van der Waals surface area contributed by atoms with Gasteiger partial charge < -0.3 is 10.2 Å². The van der Waals surface area contributed by atoms with E-state index in [1.807, 2.05) is 43.5 Å². The number of nitrogens with zero attached hydrogens (tertiary/aromatic N) is 3. The molecule has 7 heteroatoms. The Hall–Kier alpha value is -2.12. The zero-order chi connectivity index (χ0) is 18.8. The van der Waals surface area contributed by atoms with Crippen molar-refractivity contribution in [2.45, 2.75) is 31.3 Å². The van der Waals surface area contributed by atoms with Crippen molar-refractivity contribution in [3.63, 3.8) is 0 Å². The molecule has 27 heavy (non-hydrogen) atoms. The second kappa shape index (κ2) is 7.86. The molecule has 1 N–H and O–H groups in total. The number of thioether (sulfide) groups is 1. The molecular formula is C20H22N4OS2. The zero-order valence-electron chi connectivity index (χ0n) is 15.5. The van der Waals surface area contributed by atoms with Crippen LogP contribution in [0.25, 0.3) is 10.2 Å². The van der Waals surface area contributed by atoms with E-state index in [9.17, 15) is 4.79 Å².